The van der Waals surface area contributed by atoms with Crippen LogP contribution in [0.25, 0.3) is 0 Å². The van der Waals surface area contributed by atoms with Crippen molar-refractivity contribution in [2.75, 3.05) is 18.8 Å². The minimum atomic E-state index is -0.183. The summed E-state index contributed by atoms with van der Waals surface area (Å²) in [4.78, 5) is 2.20. The average molecular weight is 227 g/mol. The maximum atomic E-state index is 9.40. The highest BCUT2D eigenvalue weighted by molar-refractivity contribution is 6.31. The Balaban J connectivity index is 2.04. The second kappa shape index (κ2) is 4.39. The molecule has 4 heteroatoms. The highest BCUT2D eigenvalue weighted by Crippen LogP contribution is 2.22. The Morgan fingerprint density at radius 1 is 1.53 bits per heavy atom. The third kappa shape index (κ3) is 2.62. The van der Waals surface area contributed by atoms with E-state index >= 15 is 0 Å². The Labute approximate surface area is 94.4 Å². The zero-order valence-electron chi connectivity index (χ0n) is 8.49. The summed E-state index contributed by atoms with van der Waals surface area (Å²) in [5.41, 5.74) is 7.37. The highest BCUT2D eigenvalue weighted by Gasteiger charge is 2.20. The van der Waals surface area contributed by atoms with Crippen molar-refractivity contribution < 1.29 is 5.11 Å². The molecule has 1 aliphatic rings. The summed E-state index contributed by atoms with van der Waals surface area (Å²) >= 11 is 6.08. The molecule has 0 bridgehead atoms. The predicted molar refractivity (Wildman–Crippen MR) is 61.8 cm³/mol. The van der Waals surface area contributed by atoms with Gasteiger partial charge in [-0.1, -0.05) is 17.7 Å². The Kier molecular flexibility index (Phi) is 3.14. The van der Waals surface area contributed by atoms with Gasteiger partial charge in [-0.3, -0.25) is 4.90 Å². The molecule has 1 aliphatic heterocycles. The number of β-amino-alcohol motifs (C(OH)–C–C–N with tert-alkyl or cyclic N) is 1. The zero-order valence-corrected chi connectivity index (χ0v) is 9.24. The molecule has 1 fully saturated rings. The number of nitrogens with two attached hydrogens (primary N) is 1. The number of anilines is 1. The van der Waals surface area contributed by atoms with E-state index in [4.69, 9.17) is 17.3 Å². The van der Waals surface area contributed by atoms with Gasteiger partial charge in [0.1, 0.15) is 0 Å². The number of nitrogens with zero attached hydrogens (tertiary/aromatic N) is 1. The lowest BCUT2D eigenvalue weighted by Crippen LogP contribution is -2.21. The maximum Gasteiger partial charge on any atom is 0.0679 e. The molecule has 1 aromatic carbocycles. The van der Waals surface area contributed by atoms with Gasteiger partial charge in [-0.25, -0.2) is 0 Å². The van der Waals surface area contributed by atoms with Gasteiger partial charge in [0.15, 0.2) is 0 Å². The number of likely N-dealkylation sites (tertiary alicyclic amines) is 1. The number of rotatable bonds is 2. The van der Waals surface area contributed by atoms with E-state index in [9.17, 15) is 5.11 Å². The fourth-order valence-corrected chi connectivity index (χ4v) is 2.14. The van der Waals surface area contributed by atoms with Crippen LogP contribution in [0.1, 0.15) is 12.0 Å². The molecule has 1 heterocycles. The van der Waals surface area contributed by atoms with Crippen LogP contribution >= 0.6 is 11.6 Å². The second-order valence-electron chi connectivity index (χ2n) is 4.03. The lowest BCUT2D eigenvalue weighted by molar-refractivity contribution is 0.175. The maximum absolute atomic E-state index is 9.40. The van der Waals surface area contributed by atoms with Gasteiger partial charge in [-0.2, -0.15) is 0 Å². The largest absolute Gasteiger partial charge is 0.399 e. The molecule has 3 nitrogen and oxygen atoms in total. The number of benzene rings is 1. The van der Waals surface area contributed by atoms with E-state index in [1.807, 2.05) is 12.1 Å². The number of hydrogen-bond donors (Lipinski definition) is 2. The number of nitrogen functional groups attached to an aromatic ring is 1. The summed E-state index contributed by atoms with van der Waals surface area (Å²) in [6, 6.07) is 5.57. The molecule has 0 saturated carbocycles. The Hall–Kier alpha value is -0.770. The number of halogens is 1. The molecular weight excluding hydrogens is 212 g/mol. The monoisotopic (exact) mass is 226 g/mol. The summed E-state index contributed by atoms with van der Waals surface area (Å²) < 4.78 is 0. The van der Waals surface area contributed by atoms with Crippen LogP contribution in [0.2, 0.25) is 5.02 Å². The molecule has 0 aliphatic carbocycles. The molecule has 1 saturated heterocycles. The van der Waals surface area contributed by atoms with Crippen molar-refractivity contribution in [1.82, 2.24) is 4.90 Å². The molecule has 0 amide bonds. The first-order valence-corrected chi connectivity index (χ1v) is 5.47. The van der Waals surface area contributed by atoms with Gasteiger partial charge >= 0.3 is 0 Å². The van der Waals surface area contributed by atoms with Crippen LogP contribution in [-0.2, 0) is 6.54 Å². The van der Waals surface area contributed by atoms with E-state index in [1.165, 1.54) is 0 Å². The first-order valence-electron chi connectivity index (χ1n) is 5.09. The van der Waals surface area contributed by atoms with Crippen LogP contribution in [-0.4, -0.2) is 29.2 Å². The zero-order chi connectivity index (χ0) is 10.8. The molecular formula is C11H15ClN2O. The third-order valence-corrected chi connectivity index (χ3v) is 3.07. The minimum absolute atomic E-state index is 0.183. The van der Waals surface area contributed by atoms with Crippen LogP contribution in [0.3, 0.4) is 0 Å². The summed E-state index contributed by atoms with van der Waals surface area (Å²) in [5.74, 6) is 0. The summed E-state index contributed by atoms with van der Waals surface area (Å²) in [5, 5.41) is 10.1. The van der Waals surface area contributed by atoms with Crippen molar-refractivity contribution in [3.8, 4) is 0 Å². The first kappa shape index (κ1) is 10.7. The van der Waals surface area contributed by atoms with E-state index in [-0.39, 0.29) is 6.10 Å². The number of aliphatic hydroxyl groups is 1. The minimum Gasteiger partial charge on any atom is -0.399 e. The molecule has 1 unspecified atom stereocenters. The highest BCUT2D eigenvalue weighted by atomic mass is 35.5. The number of aliphatic hydroxyl groups excluding tert-OH is 1. The molecule has 0 radical (unpaired) electrons. The van der Waals surface area contributed by atoms with E-state index < -0.39 is 0 Å². The van der Waals surface area contributed by atoms with Gasteiger partial charge in [0.05, 0.1) is 6.10 Å². The first-order chi connectivity index (χ1) is 7.15. The quantitative estimate of drug-likeness (QED) is 0.752. The molecule has 1 aromatic rings. The van der Waals surface area contributed by atoms with E-state index in [0.29, 0.717) is 10.7 Å². The van der Waals surface area contributed by atoms with Crippen LogP contribution in [0.4, 0.5) is 5.69 Å². The molecule has 82 valence electrons. The molecule has 2 rings (SSSR count). The van der Waals surface area contributed by atoms with Gasteiger partial charge < -0.3 is 10.8 Å². The van der Waals surface area contributed by atoms with Gasteiger partial charge in [0, 0.05) is 30.3 Å². The third-order valence-electron chi connectivity index (χ3n) is 2.72. The van der Waals surface area contributed by atoms with Gasteiger partial charge in [0.25, 0.3) is 0 Å². The Morgan fingerprint density at radius 2 is 2.33 bits per heavy atom. The molecule has 0 aromatic heterocycles. The van der Waals surface area contributed by atoms with Crippen LogP contribution in [0.5, 0.6) is 0 Å². The van der Waals surface area contributed by atoms with Crippen molar-refractivity contribution in [3.05, 3.63) is 28.8 Å². The van der Waals surface area contributed by atoms with Crippen molar-refractivity contribution in [2.24, 2.45) is 0 Å². The second-order valence-corrected chi connectivity index (χ2v) is 4.44. The standard InChI is InChI=1S/C11H15ClN2O/c12-11-5-9(13)2-1-8(11)6-14-4-3-10(15)7-14/h1-2,5,10,15H,3-4,6-7,13H2. The van der Waals surface area contributed by atoms with Gasteiger partial charge in [-0.05, 0) is 24.1 Å². The molecule has 1 atom stereocenters. The Bertz CT molecular complexity index is 356. The van der Waals surface area contributed by atoms with Crippen molar-refractivity contribution in [3.63, 3.8) is 0 Å². The van der Waals surface area contributed by atoms with E-state index in [0.717, 1.165) is 31.6 Å². The van der Waals surface area contributed by atoms with Crippen molar-refractivity contribution >= 4 is 17.3 Å². The van der Waals surface area contributed by atoms with Crippen LogP contribution in [0.15, 0.2) is 18.2 Å². The van der Waals surface area contributed by atoms with E-state index in [2.05, 4.69) is 4.90 Å². The van der Waals surface area contributed by atoms with Crippen molar-refractivity contribution in [2.45, 2.75) is 19.1 Å². The number of hydrogen-bond acceptors (Lipinski definition) is 3. The van der Waals surface area contributed by atoms with Crippen molar-refractivity contribution in [1.29, 1.82) is 0 Å². The molecule has 0 spiro atoms. The normalized spacial score (nSPS) is 22.1. The fourth-order valence-electron chi connectivity index (χ4n) is 1.89. The van der Waals surface area contributed by atoms with Gasteiger partial charge in [-0.15, -0.1) is 0 Å². The SMILES string of the molecule is Nc1ccc(CN2CCC(O)C2)c(Cl)c1. The average Bonchev–Trinajstić information content (AvgIpc) is 2.56. The smallest absolute Gasteiger partial charge is 0.0679 e. The lowest BCUT2D eigenvalue weighted by Gasteiger charge is -2.15. The molecule has 3 N–H and O–H groups in total. The van der Waals surface area contributed by atoms with Crippen LogP contribution < -0.4 is 5.73 Å². The summed E-state index contributed by atoms with van der Waals surface area (Å²) in [6.45, 7) is 2.46. The summed E-state index contributed by atoms with van der Waals surface area (Å²) in [6.07, 6.45) is 0.671. The van der Waals surface area contributed by atoms with Crippen LogP contribution in [0, 0.1) is 0 Å². The lowest BCUT2D eigenvalue weighted by atomic mass is 10.2. The summed E-state index contributed by atoms with van der Waals surface area (Å²) in [7, 11) is 0. The Morgan fingerprint density at radius 3 is 2.93 bits per heavy atom. The fraction of sp³-hybridized carbons (Fsp3) is 0.455. The van der Waals surface area contributed by atoms with E-state index in [1.54, 1.807) is 6.07 Å². The topological polar surface area (TPSA) is 49.5 Å². The molecule has 15 heavy (non-hydrogen) atoms. The predicted octanol–water partition coefficient (Wildman–Crippen LogP) is 1.49. The van der Waals surface area contributed by atoms with Gasteiger partial charge in [0.2, 0.25) is 0 Å².